The van der Waals surface area contributed by atoms with Crippen molar-refractivity contribution in [3.8, 4) is 0 Å². The molecule has 4 nitrogen and oxygen atoms in total. The summed E-state index contributed by atoms with van der Waals surface area (Å²) in [5.41, 5.74) is 5.39. The Balaban J connectivity index is 2.45. The van der Waals surface area contributed by atoms with Crippen LogP contribution in [0.3, 0.4) is 0 Å². The summed E-state index contributed by atoms with van der Waals surface area (Å²) in [6.07, 6.45) is 0.589. The van der Waals surface area contributed by atoms with Gasteiger partial charge in [0.2, 0.25) is 5.91 Å². The molecule has 0 saturated carbocycles. The Kier molecular flexibility index (Phi) is 3.83. The van der Waals surface area contributed by atoms with Crippen LogP contribution in [0.15, 0.2) is 0 Å². The molecule has 0 aromatic rings. The number of hydrogen-bond donors (Lipinski definition) is 2. The molecule has 14 heavy (non-hydrogen) atoms. The van der Waals surface area contributed by atoms with E-state index in [9.17, 15) is 4.79 Å². The molecule has 1 rings (SSSR count). The molecule has 3 unspecified atom stereocenters. The van der Waals surface area contributed by atoms with Crippen LogP contribution in [-0.2, 0) is 9.53 Å². The van der Waals surface area contributed by atoms with Gasteiger partial charge in [-0.1, -0.05) is 19.1 Å². The lowest BCUT2D eigenvalue weighted by molar-refractivity contribution is -0.131. The largest absolute Gasteiger partial charge is 0.392 e. The van der Waals surface area contributed by atoms with Crippen LogP contribution in [-0.4, -0.2) is 29.6 Å². The predicted molar refractivity (Wildman–Crippen MR) is 57.9 cm³/mol. The minimum Gasteiger partial charge on any atom is -0.392 e. The minimum atomic E-state index is -0.341. The van der Waals surface area contributed by atoms with Crippen molar-refractivity contribution >= 4 is 23.1 Å². The standard InChI is InChI=1S/C9H16N2O2S/c1-5-3-4-13-7(5)9(12)11-6(2)8(10)14/h5-7H,3-4H2,1-2H3,(H2,10,14)(H,11,12). The highest BCUT2D eigenvalue weighted by atomic mass is 32.1. The first kappa shape index (κ1) is 11.4. The maximum atomic E-state index is 11.6. The second-order valence-electron chi connectivity index (χ2n) is 3.69. The maximum absolute atomic E-state index is 11.6. The number of hydrogen-bond acceptors (Lipinski definition) is 3. The second-order valence-corrected chi connectivity index (χ2v) is 4.16. The van der Waals surface area contributed by atoms with Gasteiger partial charge in [0.25, 0.3) is 0 Å². The molecule has 0 spiro atoms. The predicted octanol–water partition coefficient (Wildman–Crippen LogP) is 0.202. The lowest BCUT2D eigenvalue weighted by Crippen LogP contribution is -2.46. The van der Waals surface area contributed by atoms with Crippen molar-refractivity contribution in [2.75, 3.05) is 6.61 Å². The third-order valence-electron chi connectivity index (χ3n) is 2.43. The van der Waals surface area contributed by atoms with Gasteiger partial charge in [-0.3, -0.25) is 4.79 Å². The molecular weight excluding hydrogens is 200 g/mol. The van der Waals surface area contributed by atoms with Crippen LogP contribution in [0.4, 0.5) is 0 Å². The Hall–Kier alpha value is -0.680. The second kappa shape index (κ2) is 4.70. The molecule has 1 amide bonds. The first-order chi connectivity index (χ1) is 6.52. The molecule has 0 bridgehead atoms. The summed E-state index contributed by atoms with van der Waals surface area (Å²) in [4.78, 5) is 11.9. The van der Waals surface area contributed by atoms with Gasteiger partial charge in [-0.25, -0.2) is 0 Å². The first-order valence-corrected chi connectivity index (χ1v) is 5.14. The number of rotatable bonds is 3. The molecule has 3 atom stereocenters. The van der Waals surface area contributed by atoms with E-state index in [0.29, 0.717) is 11.6 Å². The summed E-state index contributed by atoms with van der Waals surface area (Å²) < 4.78 is 5.31. The average molecular weight is 216 g/mol. The highest BCUT2D eigenvalue weighted by Gasteiger charge is 2.31. The van der Waals surface area contributed by atoms with E-state index < -0.39 is 0 Å². The van der Waals surface area contributed by atoms with E-state index in [2.05, 4.69) is 5.32 Å². The Bertz CT molecular complexity index is 245. The van der Waals surface area contributed by atoms with Gasteiger partial charge < -0.3 is 15.8 Å². The van der Waals surface area contributed by atoms with Crippen molar-refractivity contribution in [2.24, 2.45) is 11.7 Å². The van der Waals surface area contributed by atoms with Crippen molar-refractivity contribution < 1.29 is 9.53 Å². The van der Waals surface area contributed by atoms with Gasteiger partial charge in [0.05, 0.1) is 11.0 Å². The molecule has 1 heterocycles. The summed E-state index contributed by atoms with van der Waals surface area (Å²) in [6.45, 7) is 4.42. The van der Waals surface area contributed by atoms with E-state index in [1.165, 1.54) is 0 Å². The van der Waals surface area contributed by atoms with Crippen LogP contribution in [0, 0.1) is 5.92 Å². The quantitative estimate of drug-likeness (QED) is 0.662. The number of nitrogens with one attached hydrogen (secondary N) is 1. The number of thiocarbonyl (C=S) groups is 1. The van der Waals surface area contributed by atoms with Gasteiger partial charge in [0.1, 0.15) is 6.10 Å². The van der Waals surface area contributed by atoms with E-state index in [-0.39, 0.29) is 24.0 Å². The van der Waals surface area contributed by atoms with Crippen LogP contribution >= 0.6 is 12.2 Å². The Morgan fingerprint density at radius 3 is 2.79 bits per heavy atom. The lowest BCUT2D eigenvalue weighted by atomic mass is 10.0. The summed E-state index contributed by atoms with van der Waals surface area (Å²) in [6, 6.07) is -0.270. The molecule has 1 aliphatic rings. The van der Waals surface area contributed by atoms with Crippen LogP contribution in [0.25, 0.3) is 0 Å². The molecule has 3 N–H and O–H groups in total. The molecular formula is C9H16N2O2S. The van der Waals surface area contributed by atoms with Gasteiger partial charge in [0, 0.05) is 6.61 Å². The number of ether oxygens (including phenoxy) is 1. The normalized spacial score (nSPS) is 28.4. The number of carbonyl (C=O) groups is 1. The van der Waals surface area contributed by atoms with Gasteiger partial charge in [0.15, 0.2) is 0 Å². The molecule has 0 aromatic heterocycles. The topological polar surface area (TPSA) is 64.3 Å². The molecule has 0 aliphatic carbocycles. The van der Waals surface area contributed by atoms with Gasteiger partial charge in [-0.05, 0) is 19.3 Å². The number of carbonyl (C=O) groups excluding carboxylic acids is 1. The van der Waals surface area contributed by atoms with Crippen molar-refractivity contribution in [3.63, 3.8) is 0 Å². The molecule has 1 saturated heterocycles. The van der Waals surface area contributed by atoms with Gasteiger partial charge in [-0.15, -0.1) is 0 Å². The highest BCUT2D eigenvalue weighted by molar-refractivity contribution is 7.80. The summed E-state index contributed by atoms with van der Waals surface area (Å²) in [5.74, 6) is 0.156. The number of nitrogens with two attached hydrogens (primary N) is 1. The van der Waals surface area contributed by atoms with E-state index in [0.717, 1.165) is 6.42 Å². The fourth-order valence-electron chi connectivity index (χ4n) is 1.40. The summed E-state index contributed by atoms with van der Waals surface area (Å²) in [5, 5.41) is 2.72. The fraction of sp³-hybridized carbons (Fsp3) is 0.778. The maximum Gasteiger partial charge on any atom is 0.249 e. The van der Waals surface area contributed by atoms with Crippen LogP contribution in [0.1, 0.15) is 20.3 Å². The van der Waals surface area contributed by atoms with Gasteiger partial charge in [-0.2, -0.15) is 0 Å². The zero-order chi connectivity index (χ0) is 10.7. The smallest absolute Gasteiger partial charge is 0.249 e. The van der Waals surface area contributed by atoms with Crippen LogP contribution in [0.5, 0.6) is 0 Å². The Morgan fingerprint density at radius 1 is 1.71 bits per heavy atom. The summed E-state index contributed by atoms with van der Waals surface area (Å²) in [7, 11) is 0. The summed E-state index contributed by atoms with van der Waals surface area (Å²) >= 11 is 4.76. The third kappa shape index (κ3) is 2.65. The molecule has 1 fully saturated rings. The molecule has 1 aliphatic heterocycles. The zero-order valence-electron chi connectivity index (χ0n) is 8.45. The Labute approximate surface area is 89.2 Å². The molecule has 0 aromatic carbocycles. The fourth-order valence-corrected chi connectivity index (χ4v) is 1.46. The van der Waals surface area contributed by atoms with E-state index in [4.69, 9.17) is 22.7 Å². The minimum absolute atomic E-state index is 0.115. The SMILES string of the molecule is CC(NC(=O)C1OCCC1C)C(N)=S. The van der Waals surface area contributed by atoms with Crippen LogP contribution < -0.4 is 11.1 Å². The first-order valence-electron chi connectivity index (χ1n) is 4.73. The van der Waals surface area contributed by atoms with Crippen molar-refractivity contribution in [1.82, 2.24) is 5.32 Å². The molecule has 80 valence electrons. The highest BCUT2D eigenvalue weighted by Crippen LogP contribution is 2.19. The zero-order valence-corrected chi connectivity index (χ0v) is 9.26. The van der Waals surface area contributed by atoms with Crippen molar-refractivity contribution in [1.29, 1.82) is 0 Å². The molecule has 5 heteroatoms. The third-order valence-corrected chi connectivity index (χ3v) is 2.78. The average Bonchev–Trinajstić information content (AvgIpc) is 2.51. The van der Waals surface area contributed by atoms with Crippen LogP contribution in [0.2, 0.25) is 0 Å². The Morgan fingerprint density at radius 2 is 2.36 bits per heavy atom. The number of amides is 1. The van der Waals surface area contributed by atoms with Crippen molar-refractivity contribution in [3.05, 3.63) is 0 Å². The van der Waals surface area contributed by atoms with Gasteiger partial charge >= 0.3 is 0 Å². The lowest BCUT2D eigenvalue weighted by Gasteiger charge is -2.18. The van der Waals surface area contributed by atoms with E-state index >= 15 is 0 Å². The van der Waals surface area contributed by atoms with Crippen molar-refractivity contribution in [2.45, 2.75) is 32.4 Å². The molecule has 0 radical (unpaired) electrons. The van der Waals surface area contributed by atoms with E-state index in [1.807, 2.05) is 6.92 Å². The monoisotopic (exact) mass is 216 g/mol. The van der Waals surface area contributed by atoms with E-state index in [1.54, 1.807) is 6.92 Å².